The molecular formula is C14H18F3N3O. The van der Waals surface area contributed by atoms with Gasteiger partial charge in [0.05, 0.1) is 12.1 Å². The Labute approximate surface area is 121 Å². The number of nitrogens with zero attached hydrogens (tertiary/aromatic N) is 2. The lowest BCUT2D eigenvalue weighted by molar-refractivity contribution is -0.137. The number of halogens is 3. The SMILES string of the molecule is CN1CCN(CC(=O)Nc2ccc(C(F)(F)F)cc2)CC1. The molecule has 1 saturated heterocycles. The molecule has 0 bridgehead atoms. The molecule has 7 heteroatoms. The lowest BCUT2D eigenvalue weighted by atomic mass is 10.2. The molecular weight excluding hydrogens is 283 g/mol. The van der Waals surface area contributed by atoms with E-state index in [2.05, 4.69) is 10.2 Å². The molecule has 1 aliphatic rings. The van der Waals surface area contributed by atoms with Crippen LogP contribution in [-0.2, 0) is 11.0 Å². The van der Waals surface area contributed by atoms with E-state index in [9.17, 15) is 18.0 Å². The molecule has 1 amide bonds. The Balaban J connectivity index is 1.85. The van der Waals surface area contributed by atoms with Crippen LogP contribution in [0.2, 0.25) is 0 Å². The number of hydrogen-bond donors (Lipinski definition) is 1. The van der Waals surface area contributed by atoms with Crippen LogP contribution in [-0.4, -0.2) is 55.5 Å². The highest BCUT2D eigenvalue weighted by molar-refractivity contribution is 5.92. The first-order chi connectivity index (χ1) is 9.84. The topological polar surface area (TPSA) is 35.6 Å². The van der Waals surface area contributed by atoms with Gasteiger partial charge in [0, 0.05) is 31.9 Å². The maximum absolute atomic E-state index is 12.4. The Hall–Kier alpha value is -1.60. The molecule has 0 radical (unpaired) electrons. The molecule has 1 aromatic rings. The van der Waals surface area contributed by atoms with E-state index in [-0.39, 0.29) is 12.5 Å². The van der Waals surface area contributed by atoms with Crippen LogP contribution in [0.3, 0.4) is 0 Å². The Morgan fingerprint density at radius 3 is 2.24 bits per heavy atom. The first kappa shape index (κ1) is 15.8. The first-order valence-electron chi connectivity index (χ1n) is 6.72. The van der Waals surface area contributed by atoms with Gasteiger partial charge < -0.3 is 10.2 Å². The molecule has 0 unspecified atom stereocenters. The second-order valence-corrected chi connectivity index (χ2v) is 5.20. The molecule has 116 valence electrons. The van der Waals surface area contributed by atoms with Crippen molar-refractivity contribution in [1.29, 1.82) is 0 Å². The van der Waals surface area contributed by atoms with Gasteiger partial charge in [-0.2, -0.15) is 13.2 Å². The highest BCUT2D eigenvalue weighted by atomic mass is 19.4. The monoisotopic (exact) mass is 301 g/mol. The molecule has 4 nitrogen and oxygen atoms in total. The lowest BCUT2D eigenvalue weighted by Crippen LogP contribution is -2.47. The summed E-state index contributed by atoms with van der Waals surface area (Å²) in [7, 11) is 2.03. The fourth-order valence-corrected chi connectivity index (χ4v) is 2.15. The molecule has 0 aromatic heterocycles. The fraction of sp³-hybridized carbons (Fsp3) is 0.500. The van der Waals surface area contributed by atoms with Crippen molar-refractivity contribution in [3.05, 3.63) is 29.8 Å². The van der Waals surface area contributed by atoms with E-state index < -0.39 is 11.7 Å². The van der Waals surface area contributed by atoms with Gasteiger partial charge in [-0.25, -0.2) is 0 Å². The summed E-state index contributed by atoms with van der Waals surface area (Å²) < 4.78 is 37.3. The number of anilines is 1. The Kier molecular flexibility index (Phi) is 4.84. The van der Waals surface area contributed by atoms with Gasteiger partial charge in [0.1, 0.15) is 0 Å². The zero-order chi connectivity index (χ0) is 15.5. The van der Waals surface area contributed by atoms with Gasteiger partial charge in [0.2, 0.25) is 5.91 Å². The standard InChI is InChI=1S/C14H18F3N3O/c1-19-6-8-20(9-7-19)10-13(21)18-12-4-2-11(3-5-12)14(15,16)17/h2-5H,6-10H2,1H3,(H,18,21). The average Bonchev–Trinajstić information content (AvgIpc) is 2.41. The number of rotatable bonds is 3. The highest BCUT2D eigenvalue weighted by Gasteiger charge is 2.30. The summed E-state index contributed by atoms with van der Waals surface area (Å²) in [6, 6.07) is 4.46. The maximum atomic E-state index is 12.4. The number of carbonyl (C=O) groups is 1. The summed E-state index contributed by atoms with van der Waals surface area (Å²) in [5.74, 6) is -0.209. The second-order valence-electron chi connectivity index (χ2n) is 5.20. The van der Waals surface area contributed by atoms with E-state index in [1.54, 1.807) is 0 Å². The molecule has 21 heavy (non-hydrogen) atoms. The molecule has 1 heterocycles. The van der Waals surface area contributed by atoms with Gasteiger partial charge in [0.25, 0.3) is 0 Å². The van der Waals surface area contributed by atoms with Crippen LogP contribution < -0.4 is 5.32 Å². The number of carbonyl (C=O) groups excluding carboxylic acids is 1. The van der Waals surface area contributed by atoms with Gasteiger partial charge in [-0.3, -0.25) is 9.69 Å². The molecule has 0 atom stereocenters. The third-order valence-electron chi connectivity index (χ3n) is 3.46. The number of amides is 1. The van der Waals surface area contributed by atoms with Gasteiger partial charge in [0.15, 0.2) is 0 Å². The van der Waals surface area contributed by atoms with Crippen molar-refractivity contribution in [3.63, 3.8) is 0 Å². The zero-order valence-electron chi connectivity index (χ0n) is 11.8. The van der Waals surface area contributed by atoms with E-state index >= 15 is 0 Å². The van der Waals surface area contributed by atoms with E-state index in [1.165, 1.54) is 12.1 Å². The third-order valence-corrected chi connectivity index (χ3v) is 3.46. The number of alkyl halides is 3. The van der Waals surface area contributed by atoms with E-state index in [0.717, 1.165) is 38.3 Å². The minimum atomic E-state index is -4.36. The van der Waals surface area contributed by atoms with Gasteiger partial charge >= 0.3 is 6.18 Å². The Bertz CT molecular complexity index is 479. The van der Waals surface area contributed by atoms with Gasteiger partial charge in [-0.1, -0.05) is 0 Å². The second kappa shape index (κ2) is 6.44. The largest absolute Gasteiger partial charge is 0.416 e. The first-order valence-corrected chi connectivity index (χ1v) is 6.72. The number of benzene rings is 1. The zero-order valence-corrected chi connectivity index (χ0v) is 11.8. The van der Waals surface area contributed by atoms with Crippen molar-refractivity contribution < 1.29 is 18.0 Å². The van der Waals surface area contributed by atoms with Crippen LogP contribution >= 0.6 is 0 Å². The van der Waals surface area contributed by atoms with Crippen LogP contribution in [0.4, 0.5) is 18.9 Å². The molecule has 0 spiro atoms. The highest BCUT2D eigenvalue weighted by Crippen LogP contribution is 2.29. The van der Waals surface area contributed by atoms with E-state index in [1.807, 2.05) is 11.9 Å². The molecule has 0 aliphatic carbocycles. The van der Waals surface area contributed by atoms with Crippen molar-refractivity contribution in [1.82, 2.24) is 9.80 Å². The predicted octanol–water partition coefficient (Wildman–Crippen LogP) is 1.89. The average molecular weight is 301 g/mol. The van der Waals surface area contributed by atoms with Crippen molar-refractivity contribution in [2.24, 2.45) is 0 Å². The van der Waals surface area contributed by atoms with E-state index in [4.69, 9.17) is 0 Å². The molecule has 1 fully saturated rings. The molecule has 1 aromatic carbocycles. The maximum Gasteiger partial charge on any atom is 0.416 e. The third kappa shape index (κ3) is 4.71. The van der Waals surface area contributed by atoms with Gasteiger partial charge in [-0.05, 0) is 31.3 Å². The van der Waals surface area contributed by atoms with E-state index in [0.29, 0.717) is 5.69 Å². The van der Waals surface area contributed by atoms with Crippen molar-refractivity contribution >= 4 is 11.6 Å². The molecule has 1 N–H and O–H groups in total. The quantitative estimate of drug-likeness (QED) is 0.926. The lowest BCUT2D eigenvalue weighted by Gasteiger charge is -2.31. The van der Waals surface area contributed by atoms with Crippen molar-refractivity contribution in [3.8, 4) is 0 Å². The Morgan fingerprint density at radius 1 is 1.14 bits per heavy atom. The molecule has 2 rings (SSSR count). The summed E-state index contributed by atoms with van der Waals surface area (Å²) in [6.45, 7) is 3.71. The van der Waals surface area contributed by atoms with Crippen molar-refractivity contribution in [2.75, 3.05) is 45.1 Å². The number of hydrogen-bond acceptors (Lipinski definition) is 3. The van der Waals surface area contributed by atoms with Crippen LogP contribution in [0.1, 0.15) is 5.56 Å². The summed E-state index contributed by atoms with van der Waals surface area (Å²) in [4.78, 5) is 16.1. The van der Waals surface area contributed by atoms with Crippen LogP contribution in [0.25, 0.3) is 0 Å². The molecule has 1 aliphatic heterocycles. The van der Waals surface area contributed by atoms with Gasteiger partial charge in [-0.15, -0.1) is 0 Å². The normalized spacial score (nSPS) is 17.7. The summed E-state index contributed by atoms with van der Waals surface area (Å²) in [5, 5.41) is 2.62. The summed E-state index contributed by atoms with van der Waals surface area (Å²) in [6.07, 6.45) is -4.36. The van der Waals surface area contributed by atoms with Crippen LogP contribution in [0.5, 0.6) is 0 Å². The smallest absolute Gasteiger partial charge is 0.325 e. The number of likely N-dealkylation sites (N-methyl/N-ethyl adjacent to an activating group) is 1. The summed E-state index contributed by atoms with van der Waals surface area (Å²) >= 11 is 0. The fourth-order valence-electron chi connectivity index (χ4n) is 2.15. The minimum absolute atomic E-state index is 0.209. The van der Waals surface area contributed by atoms with Crippen molar-refractivity contribution in [2.45, 2.75) is 6.18 Å². The van der Waals surface area contributed by atoms with Crippen LogP contribution in [0, 0.1) is 0 Å². The summed E-state index contributed by atoms with van der Waals surface area (Å²) in [5.41, 5.74) is -0.346. The van der Waals surface area contributed by atoms with Crippen LogP contribution in [0.15, 0.2) is 24.3 Å². The Morgan fingerprint density at radius 2 is 1.71 bits per heavy atom. The molecule has 0 saturated carbocycles. The number of piperazine rings is 1. The number of nitrogens with one attached hydrogen (secondary N) is 1. The predicted molar refractivity (Wildman–Crippen MR) is 74.0 cm³/mol. The minimum Gasteiger partial charge on any atom is -0.325 e.